The number of amides is 2. The molecule has 0 aliphatic heterocycles. The molecule has 1 atom stereocenters. The maximum absolute atomic E-state index is 13.9. The molecule has 202 valence electrons. The van der Waals surface area contributed by atoms with Gasteiger partial charge in [0.15, 0.2) is 0 Å². The first kappa shape index (κ1) is 29.5. The molecule has 0 radical (unpaired) electrons. The lowest BCUT2D eigenvalue weighted by atomic mass is 10.1. The molecule has 0 saturated heterocycles. The first-order valence-electron chi connectivity index (χ1n) is 12.1. The molecule has 3 rings (SSSR count). The van der Waals surface area contributed by atoms with Gasteiger partial charge >= 0.3 is 0 Å². The second-order valence-corrected chi connectivity index (χ2v) is 11.8. The van der Waals surface area contributed by atoms with Crippen molar-refractivity contribution < 1.29 is 18.0 Å². The second kappa shape index (κ2) is 13.2. The Hall–Kier alpha value is -3.01. The molecule has 0 aromatic heterocycles. The number of aryl methyl sites for hydroxylation is 1. The van der Waals surface area contributed by atoms with E-state index in [1.165, 1.54) is 35.8 Å². The molecule has 10 heteroatoms. The lowest BCUT2D eigenvalue weighted by Crippen LogP contribution is -2.51. The van der Waals surface area contributed by atoms with Gasteiger partial charge in [-0.2, -0.15) is 0 Å². The van der Waals surface area contributed by atoms with Crippen LogP contribution < -0.4 is 9.62 Å². The molecule has 3 aromatic rings. The Labute approximate surface area is 234 Å². The predicted molar refractivity (Wildman–Crippen MR) is 154 cm³/mol. The number of nitrogens with zero attached hydrogens (tertiary/aromatic N) is 2. The van der Waals surface area contributed by atoms with Gasteiger partial charge in [0, 0.05) is 23.5 Å². The summed E-state index contributed by atoms with van der Waals surface area (Å²) in [5, 5.41) is 3.06. The molecular formula is C28H32ClN3O4S2. The third-order valence-electron chi connectivity index (χ3n) is 6.18. The molecule has 2 amide bonds. The van der Waals surface area contributed by atoms with Gasteiger partial charge in [-0.15, -0.1) is 11.8 Å². The number of halogens is 1. The van der Waals surface area contributed by atoms with Gasteiger partial charge in [0.05, 0.1) is 10.6 Å². The van der Waals surface area contributed by atoms with Crippen molar-refractivity contribution >= 4 is 50.9 Å². The van der Waals surface area contributed by atoms with Gasteiger partial charge in [0.25, 0.3) is 10.0 Å². The number of hydrogen-bond acceptors (Lipinski definition) is 5. The van der Waals surface area contributed by atoms with Crippen molar-refractivity contribution in [2.24, 2.45) is 0 Å². The molecule has 1 N–H and O–H groups in total. The maximum atomic E-state index is 13.9. The Bertz CT molecular complexity index is 1360. The Balaban J connectivity index is 2.06. The van der Waals surface area contributed by atoms with E-state index in [1.807, 2.05) is 13.2 Å². The van der Waals surface area contributed by atoms with Crippen LogP contribution >= 0.6 is 23.4 Å². The van der Waals surface area contributed by atoms with Crippen molar-refractivity contribution in [2.45, 2.75) is 42.6 Å². The monoisotopic (exact) mass is 573 g/mol. The number of nitrogens with one attached hydrogen (secondary N) is 1. The minimum Gasteiger partial charge on any atom is -0.357 e. The molecule has 38 heavy (non-hydrogen) atoms. The zero-order valence-corrected chi connectivity index (χ0v) is 24.2. The van der Waals surface area contributed by atoms with E-state index in [0.717, 1.165) is 14.8 Å². The van der Waals surface area contributed by atoms with Crippen molar-refractivity contribution in [1.82, 2.24) is 10.2 Å². The van der Waals surface area contributed by atoms with Gasteiger partial charge in [0.2, 0.25) is 11.8 Å². The van der Waals surface area contributed by atoms with E-state index in [9.17, 15) is 18.0 Å². The Morgan fingerprint density at radius 3 is 2.18 bits per heavy atom. The summed E-state index contributed by atoms with van der Waals surface area (Å²) in [6.45, 7) is 3.26. The van der Waals surface area contributed by atoms with Crippen LogP contribution in [0.1, 0.15) is 24.5 Å². The van der Waals surface area contributed by atoms with E-state index in [2.05, 4.69) is 5.32 Å². The van der Waals surface area contributed by atoms with Gasteiger partial charge in [-0.1, -0.05) is 54.4 Å². The molecule has 7 nitrogen and oxygen atoms in total. The van der Waals surface area contributed by atoms with E-state index in [0.29, 0.717) is 22.7 Å². The number of thioether (sulfide) groups is 1. The molecule has 0 saturated carbocycles. The Kier molecular flexibility index (Phi) is 10.2. The summed E-state index contributed by atoms with van der Waals surface area (Å²) in [7, 11) is -2.61. The third-order valence-corrected chi connectivity index (χ3v) is 9.08. The standard InChI is InChI=1S/C28H32ClN3O4S2/c1-5-26(28(34)30-3)31(18-21-8-6-7-9-25(21)29)27(33)19-32(22-12-10-20(2)11-13-22)38(35,36)24-16-14-23(37-4)15-17-24/h6-17,26H,5,18-19H2,1-4H3,(H,30,34)/t26-/m1/s1. The summed E-state index contributed by atoms with van der Waals surface area (Å²) in [5.41, 5.74) is 1.96. The summed E-state index contributed by atoms with van der Waals surface area (Å²) in [5.74, 6) is -0.865. The van der Waals surface area contributed by atoms with Crippen molar-refractivity contribution in [3.8, 4) is 0 Å². The summed E-state index contributed by atoms with van der Waals surface area (Å²) in [6, 6.07) is 19.7. The molecule has 0 aliphatic rings. The van der Waals surface area contributed by atoms with Crippen LogP contribution in [0.3, 0.4) is 0 Å². The van der Waals surface area contributed by atoms with Crippen LogP contribution in [-0.2, 0) is 26.2 Å². The lowest BCUT2D eigenvalue weighted by molar-refractivity contribution is -0.140. The molecule has 0 heterocycles. The van der Waals surface area contributed by atoms with Crippen LogP contribution in [0.15, 0.2) is 82.6 Å². The van der Waals surface area contributed by atoms with E-state index in [4.69, 9.17) is 11.6 Å². The number of carbonyl (C=O) groups excluding carboxylic acids is 2. The topological polar surface area (TPSA) is 86.8 Å². The SMILES string of the molecule is CC[C@H](C(=O)NC)N(Cc1ccccc1Cl)C(=O)CN(c1ccc(C)cc1)S(=O)(=O)c1ccc(SC)cc1. The summed E-state index contributed by atoms with van der Waals surface area (Å²) in [6.07, 6.45) is 2.24. The number of likely N-dealkylation sites (N-methyl/N-ethyl adjacent to an activating group) is 1. The van der Waals surface area contributed by atoms with Crippen LogP contribution in [0.2, 0.25) is 5.02 Å². The van der Waals surface area contributed by atoms with Gasteiger partial charge in [-0.05, 0) is 67.6 Å². The average molecular weight is 574 g/mol. The van der Waals surface area contributed by atoms with Crippen molar-refractivity contribution in [3.63, 3.8) is 0 Å². The first-order chi connectivity index (χ1) is 18.1. The maximum Gasteiger partial charge on any atom is 0.264 e. The molecule has 0 unspecified atom stereocenters. The Morgan fingerprint density at radius 1 is 1.00 bits per heavy atom. The highest BCUT2D eigenvalue weighted by molar-refractivity contribution is 7.98. The van der Waals surface area contributed by atoms with Gasteiger partial charge < -0.3 is 10.2 Å². The molecule has 0 spiro atoms. The number of sulfonamides is 1. The van der Waals surface area contributed by atoms with Crippen LogP contribution in [0.25, 0.3) is 0 Å². The van der Waals surface area contributed by atoms with E-state index in [1.54, 1.807) is 67.6 Å². The second-order valence-electron chi connectivity index (χ2n) is 8.67. The normalized spacial score (nSPS) is 12.0. The average Bonchev–Trinajstić information content (AvgIpc) is 2.92. The molecule has 0 fully saturated rings. The first-order valence-corrected chi connectivity index (χ1v) is 15.1. The largest absolute Gasteiger partial charge is 0.357 e. The van der Waals surface area contributed by atoms with E-state index >= 15 is 0 Å². The Morgan fingerprint density at radius 2 is 1.63 bits per heavy atom. The fourth-order valence-electron chi connectivity index (χ4n) is 4.01. The molecule has 3 aromatic carbocycles. The van der Waals surface area contributed by atoms with Gasteiger partial charge in [0.1, 0.15) is 12.6 Å². The fourth-order valence-corrected chi connectivity index (χ4v) is 6.03. The van der Waals surface area contributed by atoms with Crippen LogP contribution in [0.4, 0.5) is 5.69 Å². The number of benzene rings is 3. The van der Waals surface area contributed by atoms with E-state index < -0.39 is 28.5 Å². The number of rotatable bonds is 11. The summed E-state index contributed by atoms with van der Waals surface area (Å²) >= 11 is 7.89. The zero-order valence-electron chi connectivity index (χ0n) is 21.8. The molecule has 0 aliphatic carbocycles. The van der Waals surface area contributed by atoms with Crippen molar-refractivity contribution in [3.05, 3.63) is 88.9 Å². The summed E-state index contributed by atoms with van der Waals surface area (Å²) < 4.78 is 28.8. The number of hydrogen-bond donors (Lipinski definition) is 1. The van der Waals surface area contributed by atoms with Gasteiger partial charge in [-0.25, -0.2) is 8.42 Å². The van der Waals surface area contributed by atoms with Crippen molar-refractivity contribution in [2.75, 3.05) is 24.2 Å². The molecular weight excluding hydrogens is 542 g/mol. The van der Waals surface area contributed by atoms with Crippen molar-refractivity contribution in [1.29, 1.82) is 0 Å². The highest BCUT2D eigenvalue weighted by Gasteiger charge is 2.33. The third kappa shape index (κ3) is 6.89. The summed E-state index contributed by atoms with van der Waals surface area (Å²) in [4.78, 5) is 29.1. The fraction of sp³-hybridized carbons (Fsp3) is 0.286. The van der Waals surface area contributed by atoms with Crippen LogP contribution in [-0.4, -0.2) is 51.0 Å². The number of carbonyl (C=O) groups is 2. The minimum atomic E-state index is -4.11. The highest BCUT2D eigenvalue weighted by Crippen LogP contribution is 2.27. The molecule has 0 bridgehead atoms. The van der Waals surface area contributed by atoms with Gasteiger partial charge in [-0.3, -0.25) is 13.9 Å². The quantitative estimate of drug-likeness (QED) is 0.322. The zero-order chi connectivity index (χ0) is 27.9. The van der Waals surface area contributed by atoms with Crippen LogP contribution in [0, 0.1) is 6.92 Å². The highest BCUT2D eigenvalue weighted by atomic mass is 35.5. The minimum absolute atomic E-state index is 0.0502. The predicted octanol–water partition coefficient (Wildman–Crippen LogP) is 5.12. The van der Waals surface area contributed by atoms with Crippen LogP contribution in [0.5, 0.6) is 0 Å². The van der Waals surface area contributed by atoms with E-state index in [-0.39, 0.29) is 17.3 Å². The smallest absolute Gasteiger partial charge is 0.264 e. The lowest BCUT2D eigenvalue weighted by Gasteiger charge is -2.33. The number of anilines is 1.